The van der Waals surface area contributed by atoms with Gasteiger partial charge in [-0.3, -0.25) is 14.2 Å². The summed E-state index contributed by atoms with van der Waals surface area (Å²) in [5.74, 6) is 0.322. The lowest BCUT2D eigenvalue weighted by Crippen LogP contribution is -2.48. The largest absolute Gasteiger partial charge is 0.497 e. The molecule has 1 aliphatic heterocycles. The van der Waals surface area contributed by atoms with Crippen LogP contribution in [0.5, 0.6) is 5.75 Å². The molecule has 1 saturated heterocycles. The Bertz CT molecular complexity index is 1280. The number of benzene rings is 2. The van der Waals surface area contributed by atoms with Crippen molar-refractivity contribution in [2.75, 3.05) is 33.4 Å². The van der Waals surface area contributed by atoms with Crippen LogP contribution < -0.4 is 16.0 Å². The smallest absolute Gasteiger partial charge is 0.336 e. The molecule has 4 rings (SSSR count). The summed E-state index contributed by atoms with van der Waals surface area (Å²) in [5.41, 5.74) is -0.398. The molecule has 168 valence electrons. The number of hydrogen-bond acceptors (Lipinski definition) is 5. The molecule has 0 saturated carbocycles. The molecule has 2 aromatic carbocycles. The van der Waals surface area contributed by atoms with Crippen molar-refractivity contribution in [3.05, 3.63) is 68.3 Å². The summed E-state index contributed by atoms with van der Waals surface area (Å²) in [5, 5.41) is 0.669. The summed E-state index contributed by atoms with van der Waals surface area (Å²) >= 11 is 6.22. The molecule has 0 aliphatic carbocycles. The van der Waals surface area contributed by atoms with Gasteiger partial charge in [0.25, 0.3) is 5.56 Å². The second kappa shape index (κ2) is 9.18. The zero-order chi connectivity index (χ0) is 22.8. The van der Waals surface area contributed by atoms with Crippen LogP contribution in [0.15, 0.2) is 52.1 Å². The van der Waals surface area contributed by atoms with Crippen molar-refractivity contribution >= 4 is 28.4 Å². The van der Waals surface area contributed by atoms with Crippen molar-refractivity contribution in [1.82, 2.24) is 14.0 Å². The fourth-order valence-corrected chi connectivity index (χ4v) is 4.21. The van der Waals surface area contributed by atoms with Gasteiger partial charge in [0.2, 0.25) is 5.91 Å². The molecule has 0 spiro atoms. The number of carbonyl (C=O) groups is 1. The number of fused-ring (bicyclic) bond motifs is 1. The standard InChI is InChI=1S/C23H24ClN3O5/c1-3-19(22(29)25-9-11-32-12-10-25)27-20-13-15(24)7-8-18(20)21(28)26(23(27)30)16-5-4-6-17(14-16)31-2/h4-8,13-14,19H,3,9-12H2,1-2H3. The maximum atomic E-state index is 13.7. The Balaban J connectivity index is 2.00. The molecule has 1 aromatic heterocycles. The first-order valence-electron chi connectivity index (χ1n) is 10.4. The minimum Gasteiger partial charge on any atom is -0.497 e. The molecule has 1 aliphatic rings. The minimum absolute atomic E-state index is 0.185. The van der Waals surface area contributed by atoms with Crippen LogP contribution in [-0.4, -0.2) is 53.4 Å². The lowest BCUT2D eigenvalue weighted by molar-refractivity contribution is -0.139. The highest BCUT2D eigenvalue weighted by Crippen LogP contribution is 2.23. The summed E-state index contributed by atoms with van der Waals surface area (Å²) in [6.07, 6.45) is 0.369. The highest BCUT2D eigenvalue weighted by Gasteiger charge is 2.29. The molecule has 1 fully saturated rings. The quantitative estimate of drug-likeness (QED) is 0.588. The Kier molecular flexibility index (Phi) is 6.34. The molecule has 1 atom stereocenters. The van der Waals surface area contributed by atoms with Gasteiger partial charge < -0.3 is 14.4 Å². The Labute approximate surface area is 189 Å². The number of aromatic nitrogens is 2. The van der Waals surface area contributed by atoms with Gasteiger partial charge in [0.1, 0.15) is 11.8 Å². The number of ether oxygens (including phenoxy) is 2. The molecule has 0 bridgehead atoms. The average molecular weight is 458 g/mol. The topological polar surface area (TPSA) is 82.8 Å². The van der Waals surface area contributed by atoms with Crippen LogP contribution >= 0.6 is 11.6 Å². The third kappa shape index (κ3) is 3.91. The maximum Gasteiger partial charge on any atom is 0.336 e. The van der Waals surface area contributed by atoms with Crippen LogP contribution in [0.2, 0.25) is 5.02 Å². The third-order valence-corrected chi connectivity index (χ3v) is 5.90. The van der Waals surface area contributed by atoms with Crippen LogP contribution in [0.25, 0.3) is 16.6 Å². The van der Waals surface area contributed by atoms with Crippen LogP contribution in [0, 0.1) is 0 Å². The van der Waals surface area contributed by atoms with Crippen LogP contribution in [0.1, 0.15) is 19.4 Å². The lowest BCUT2D eigenvalue weighted by Gasteiger charge is -2.31. The van der Waals surface area contributed by atoms with Crippen LogP contribution in [0.4, 0.5) is 0 Å². The van der Waals surface area contributed by atoms with Crippen molar-refractivity contribution in [3.63, 3.8) is 0 Å². The molecule has 3 aromatic rings. The number of rotatable bonds is 5. The average Bonchev–Trinajstić information content (AvgIpc) is 2.82. The molecule has 32 heavy (non-hydrogen) atoms. The van der Waals surface area contributed by atoms with Crippen molar-refractivity contribution in [2.24, 2.45) is 0 Å². The summed E-state index contributed by atoms with van der Waals surface area (Å²) in [6.45, 7) is 3.66. The van der Waals surface area contributed by atoms with Gasteiger partial charge >= 0.3 is 5.69 Å². The highest BCUT2D eigenvalue weighted by molar-refractivity contribution is 6.31. The highest BCUT2D eigenvalue weighted by atomic mass is 35.5. The molecule has 0 N–H and O–H groups in total. The molecule has 0 radical (unpaired) electrons. The van der Waals surface area contributed by atoms with Crippen LogP contribution in [-0.2, 0) is 9.53 Å². The Morgan fingerprint density at radius 3 is 2.59 bits per heavy atom. The summed E-state index contributed by atoms with van der Waals surface area (Å²) in [4.78, 5) is 42.2. The van der Waals surface area contributed by atoms with Gasteiger partial charge in [0.15, 0.2) is 0 Å². The van der Waals surface area contributed by atoms with E-state index in [1.54, 1.807) is 47.4 Å². The second-order valence-corrected chi connectivity index (χ2v) is 7.95. The SMILES string of the molecule is CCC(C(=O)N1CCOCC1)n1c(=O)n(-c2cccc(OC)c2)c(=O)c2ccc(Cl)cc21. The van der Waals surface area contributed by atoms with Crippen LogP contribution in [0.3, 0.4) is 0 Å². The number of carbonyl (C=O) groups excluding carboxylic acids is 1. The predicted octanol–water partition coefficient (Wildman–Crippen LogP) is 2.62. The van der Waals surface area contributed by atoms with E-state index in [-0.39, 0.29) is 5.91 Å². The maximum absolute atomic E-state index is 13.7. The number of methoxy groups -OCH3 is 1. The molecular formula is C23H24ClN3O5. The van der Waals surface area contributed by atoms with E-state index in [4.69, 9.17) is 21.1 Å². The number of amides is 1. The lowest BCUT2D eigenvalue weighted by atomic mass is 10.1. The van der Waals surface area contributed by atoms with Crippen molar-refractivity contribution in [2.45, 2.75) is 19.4 Å². The van der Waals surface area contributed by atoms with E-state index < -0.39 is 17.3 Å². The Morgan fingerprint density at radius 2 is 1.91 bits per heavy atom. The predicted molar refractivity (Wildman–Crippen MR) is 122 cm³/mol. The Morgan fingerprint density at radius 1 is 1.16 bits per heavy atom. The van der Waals surface area contributed by atoms with Gasteiger partial charge in [-0.25, -0.2) is 9.36 Å². The molecule has 8 nitrogen and oxygen atoms in total. The first-order valence-corrected chi connectivity index (χ1v) is 10.8. The van der Waals surface area contributed by atoms with E-state index in [0.717, 1.165) is 4.57 Å². The van der Waals surface area contributed by atoms with Gasteiger partial charge in [0.05, 0.1) is 36.9 Å². The van der Waals surface area contributed by atoms with Gasteiger partial charge in [-0.05, 0) is 36.8 Å². The monoisotopic (exact) mass is 457 g/mol. The van der Waals surface area contributed by atoms with E-state index in [2.05, 4.69) is 0 Å². The second-order valence-electron chi connectivity index (χ2n) is 7.52. The molecule has 1 amide bonds. The van der Waals surface area contributed by atoms with Gasteiger partial charge in [0, 0.05) is 24.2 Å². The fraction of sp³-hybridized carbons (Fsp3) is 0.348. The van der Waals surface area contributed by atoms with E-state index >= 15 is 0 Å². The summed E-state index contributed by atoms with van der Waals surface area (Å²) < 4.78 is 13.1. The first kappa shape index (κ1) is 22.1. The van der Waals surface area contributed by atoms with Crippen molar-refractivity contribution in [1.29, 1.82) is 0 Å². The first-order chi connectivity index (χ1) is 15.5. The third-order valence-electron chi connectivity index (χ3n) is 5.67. The molecule has 2 heterocycles. The summed E-state index contributed by atoms with van der Waals surface area (Å²) in [6, 6.07) is 10.6. The van der Waals surface area contributed by atoms with Crippen molar-refractivity contribution in [3.8, 4) is 11.4 Å². The van der Waals surface area contributed by atoms with Gasteiger partial charge in [-0.1, -0.05) is 24.6 Å². The molecule has 1 unspecified atom stereocenters. The zero-order valence-corrected chi connectivity index (χ0v) is 18.7. The van der Waals surface area contributed by atoms with E-state index in [1.165, 1.54) is 11.7 Å². The number of nitrogens with zero attached hydrogens (tertiary/aromatic N) is 3. The number of halogens is 1. The van der Waals surface area contributed by atoms with Crippen molar-refractivity contribution < 1.29 is 14.3 Å². The molecular weight excluding hydrogens is 434 g/mol. The van der Waals surface area contributed by atoms with E-state index in [9.17, 15) is 14.4 Å². The summed E-state index contributed by atoms with van der Waals surface area (Å²) in [7, 11) is 1.51. The van der Waals surface area contributed by atoms with Gasteiger partial charge in [-0.15, -0.1) is 0 Å². The van der Waals surface area contributed by atoms with E-state index in [0.29, 0.717) is 60.1 Å². The molecule has 9 heteroatoms. The Hall–Kier alpha value is -3.10. The minimum atomic E-state index is -0.793. The number of hydrogen-bond donors (Lipinski definition) is 0. The van der Waals surface area contributed by atoms with Gasteiger partial charge in [-0.2, -0.15) is 0 Å². The fourth-order valence-electron chi connectivity index (χ4n) is 4.04. The number of morpholine rings is 1. The zero-order valence-electron chi connectivity index (χ0n) is 17.9. The normalized spacial score (nSPS) is 15.0. The van der Waals surface area contributed by atoms with E-state index in [1.807, 2.05) is 6.92 Å².